The van der Waals surface area contributed by atoms with Gasteiger partial charge in [-0.3, -0.25) is 4.79 Å². The van der Waals surface area contributed by atoms with Crippen LogP contribution in [-0.2, 0) is 24.1 Å². The molecule has 1 aliphatic carbocycles. The number of amides is 1. The number of aryl methyl sites for hydroxylation is 2. The number of anilines is 1. The number of carboxylic acids is 1. The second kappa shape index (κ2) is 13.5. The lowest BCUT2D eigenvalue weighted by Crippen LogP contribution is -2.43. The molecule has 1 saturated heterocycles. The summed E-state index contributed by atoms with van der Waals surface area (Å²) in [6.45, 7) is 7.32. The van der Waals surface area contributed by atoms with E-state index in [1.165, 1.54) is 28.5 Å². The average molecular weight is 622 g/mol. The molecule has 2 unspecified atom stereocenters. The number of aromatic nitrogens is 3. The van der Waals surface area contributed by atoms with Crippen LogP contribution in [0.5, 0.6) is 0 Å². The van der Waals surface area contributed by atoms with Gasteiger partial charge in [0.1, 0.15) is 11.7 Å². The van der Waals surface area contributed by atoms with E-state index in [0.29, 0.717) is 43.4 Å². The summed E-state index contributed by atoms with van der Waals surface area (Å²) in [4.78, 5) is 31.0. The number of aromatic carboxylic acids is 1. The molecule has 3 heterocycles. The lowest BCUT2D eigenvalue weighted by atomic mass is 9.85. The van der Waals surface area contributed by atoms with Crippen molar-refractivity contribution in [1.82, 2.24) is 19.7 Å². The molecule has 2 aromatic carbocycles. The predicted octanol–water partition coefficient (Wildman–Crippen LogP) is 6.33. The molecule has 1 amide bonds. The topological polar surface area (TPSA) is 121 Å². The van der Waals surface area contributed by atoms with Gasteiger partial charge in [-0.05, 0) is 97.4 Å². The highest BCUT2D eigenvalue weighted by molar-refractivity contribution is 5.88. The first-order valence-electron chi connectivity index (χ1n) is 16.6. The minimum atomic E-state index is -0.988. The Morgan fingerprint density at radius 1 is 1.00 bits per heavy atom. The van der Waals surface area contributed by atoms with Crippen LogP contribution in [0.15, 0.2) is 60.8 Å². The molecule has 1 fully saturated rings. The predicted molar refractivity (Wildman–Crippen MR) is 178 cm³/mol. The molecule has 2 aromatic heterocycles. The summed E-state index contributed by atoms with van der Waals surface area (Å²) in [5, 5.41) is 27.8. The highest BCUT2D eigenvalue weighted by Gasteiger charge is 2.29. The Labute approximate surface area is 270 Å². The standard InChI is InChI=1S/C37H43N5O4/c1-4-23-21-26(14-15-27(23)24-17-19-41(20-18-24)36(44)33(43)6-3)39-31-16-13-25-9-7-10-28(35(25)31)30-11-8-12-34(40-30)42-32(5-2)29(22-38-42)37(45)46/h7-12,14-15,21-22,24,31,33,39,43H,4-6,13,16-20H2,1-3H3,(H,45,46). The quantitative estimate of drug-likeness (QED) is 0.189. The molecule has 3 N–H and O–H groups in total. The van der Waals surface area contributed by atoms with Crippen LogP contribution < -0.4 is 5.32 Å². The summed E-state index contributed by atoms with van der Waals surface area (Å²) in [5.74, 6) is -0.132. The molecule has 9 nitrogen and oxygen atoms in total. The third-order valence-corrected chi connectivity index (χ3v) is 9.69. The minimum absolute atomic E-state index is 0.126. The Balaban J connectivity index is 1.23. The van der Waals surface area contributed by atoms with E-state index in [-0.39, 0.29) is 17.5 Å². The number of carbonyl (C=O) groups is 2. The molecule has 2 aliphatic rings. The number of likely N-dealkylation sites (tertiary alicyclic amines) is 1. The summed E-state index contributed by atoms with van der Waals surface area (Å²) < 4.78 is 1.63. The molecule has 1 aliphatic heterocycles. The summed E-state index contributed by atoms with van der Waals surface area (Å²) in [6.07, 6.45) is 6.17. The van der Waals surface area contributed by atoms with E-state index in [2.05, 4.69) is 53.7 Å². The van der Waals surface area contributed by atoms with Crippen LogP contribution in [0, 0.1) is 0 Å². The van der Waals surface area contributed by atoms with E-state index in [1.54, 1.807) is 4.68 Å². The molecule has 2 atom stereocenters. The van der Waals surface area contributed by atoms with Crippen LogP contribution >= 0.6 is 0 Å². The summed E-state index contributed by atoms with van der Waals surface area (Å²) >= 11 is 0. The Kier molecular flexibility index (Phi) is 9.22. The molecule has 9 heteroatoms. The van der Waals surface area contributed by atoms with Gasteiger partial charge in [0.25, 0.3) is 5.91 Å². The molecule has 0 radical (unpaired) electrons. The first kappa shape index (κ1) is 31.5. The smallest absolute Gasteiger partial charge is 0.339 e. The maximum atomic E-state index is 12.5. The fraction of sp³-hybridized carbons (Fsp3) is 0.405. The minimum Gasteiger partial charge on any atom is -0.478 e. The van der Waals surface area contributed by atoms with Crippen molar-refractivity contribution >= 4 is 17.6 Å². The van der Waals surface area contributed by atoms with E-state index in [4.69, 9.17) is 4.98 Å². The van der Waals surface area contributed by atoms with Crippen LogP contribution in [0.3, 0.4) is 0 Å². The monoisotopic (exact) mass is 621 g/mol. The van der Waals surface area contributed by atoms with Gasteiger partial charge in [0, 0.05) is 24.3 Å². The zero-order chi connectivity index (χ0) is 32.4. The van der Waals surface area contributed by atoms with E-state index < -0.39 is 12.1 Å². The van der Waals surface area contributed by atoms with Crippen molar-refractivity contribution < 1.29 is 19.8 Å². The summed E-state index contributed by atoms with van der Waals surface area (Å²) in [6, 6.07) is 19.1. The third-order valence-electron chi connectivity index (χ3n) is 9.69. The van der Waals surface area contributed by atoms with E-state index in [0.717, 1.165) is 49.0 Å². The van der Waals surface area contributed by atoms with E-state index in [1.807, 2.05) is 36.9 Å². The number of aliphatic hydroxyl groups is 1. The van der Waals surface area contributed by atoms with Crippen LogP contribution in [0.25, 0.3) is 17.1 Å². The van der Waals surface area contributed by atoms with Gasteiger partial charge in [-0.25, -0.2) is 14.5 Å². The number of nitrogens with one attached hydrogen (secondary N) is 1. The van der Waals surface area contributed by atoms with Gasteiger partial charge in [0.2, 0.25) is 0 Å². The molecule has 46 heavy (non-hydrogen) atoms. The number of benzene rings is 2. The Morgan fingerprint density at radius 2 is 1.78 bits per heavy atom. The van der Waals surface area contributed by atoms with Crippen molar-refractivity contribution in [3.63, 3.8) is 0 Å². The molecule has 240 valence electrons. The van der Waals surface area contributed by atoms with E-state index >= 15 is 0 Å². The maximum Gasteiger partial charge on any atom is 0.339 e. The maximum absolute atomic E-state index is 12.5. The van der Waals surface area contributed by atoms with Gasteiger partial charge in [0.05, 0.1) is 23.6 Å². The number of carboxylic acid groups (broad SMARTS) is 1. The second-order valence-corrected chi connectivity index (χ2v) is 12.4. The third kappa shape index (κ3) is 6.03. The van der Waals surface area contributed by atoms with Crippen molar-refractivity contribution in [1.29, 1.82) is 0 Å². The summed E-state index contributed by atoms with van der Waals surface area (Å²) in [7, 11) is 0. The average Bonchev–Trinajstić information content (AvgIpc) is 3.72. The molecule has 4 aromatic rings. The van der Waals surface area contributed by atoms with Gasteiger partial charge in [0.15, 0.2) is 5.82 Å². The van der Waals surface area contributed by atoms with Gasteiger partial charge in [-0.15, -0.1) is 0 Å². The molecular formula is C37H43N5O4. The number of piperidine rings is 1. The number of carbonyl (C=O) groups excluding carboxylic acids is 1. The second-order valence-electron chi connectivity index (χ2n) is 12.4. The highest BCUT2D eigenvalue weighted by Crippen LogP contribution is 2.41. The van der Waals surface area contributed by atoms with Gasteiger partial charge >= 0.3 is 5.97 Å². The Morgan fingerprint density at radius 3 is 2.50 bits per heavy atom. The Bertz CT molecular complexity index is 1740. The van der Waals surface area contributed by atoms with Gasteiger partial charge < -0.3 is 20.4 Å². The first-order valence-corrected chi connectivity index (χ1v) is 16.6. The number of rotatable bonds is 10. The number of aliphatic hydroxyl groups excluding tert-OH is 1. The van der Waals surface area contributed by atoms with Crippen molar-refractivity contribution in [3.8, 4) is 17.1 Å². The fourth-order valence-electron chi connectivity index (χ4n) is 7.23. The number of nitrogens with zero attached hydrogens (tertiary/aromatic N) is 4. The van der Waals surface area contributed by atoms with Crippen molar-refractivity contribution in [2.75, 3.05) is 18.4 Å². The Hall–Kier alpha value is -4.50. The zero-order valence-electron chi connectivity index (χ0n) is 26.9. The lowest BCUT2D eigenvalue weighted by Gasteiger charge is -2.34. The molecule has 0 saturated carbocycles. The number of hydrogen-bond donors (Lipinski definition) is 3. The number of pyridine rings is 1. The normalized spacial score (nSPS) is 17.1. The van der Waals surface area contributed by atoms with Crippen molar-refractivity contribution in [2.45, 2.75) is 83.8 Å². The van der Waals surface area contributed by atoms with E-state index in [9.17, 15) is 19.8 Å². The zero-order valence-corrected chi connectivity index (χ0v) is 26.9. The van der Waals surface area contributed by atoms with Gasteiger partial charge in [-0.1, -0.05) is 51.1 Å². The number of fused-ring (bicyclic) bond motifs is 1. The summed E-state index contributed by atoms with van der Waals surface area (Å²) in [5.41, 5.74) is 9.08. The molecule has 0 spiro atoms. The molecule has 0 bridgehead atoms. The molecule has 6 rings (SSSR count). The van der Waals surface area contributed by atoms with Crippen molar-refractivity contribution in [3.05, 3.63) is 94.3 Å². The SMILES string of the molecule is CCc1cc(NC2CCc3cccc(-c4cccc(-n5ncc(C(=O)O)c5CC)n4)c32)ccc1C1CCN(C(=O)C(O)CC)CC1. The van der Waals surface area contributed by atoms with Crippen LogP contribution in [0.2, 0.25) is 0 Å². The van der Waals surface area contributed by atoms with Crippen LogP contribution in [0.1, 0.15) is 96.7 Å². The van der Waals surface area contributed by atoms with Crippen LogP contribution in [0.4, 0.5) is 5.69 Å². The number of hydrogen-bond acceptors (Lipinski definition) is 6. The van der Waals surface area contributed by atoms with Crippen molar-refractivity contribution in [2.24, 2.45) is 0 Å². The first-order chi connectivity index (χ1) is 22.3. The van der Waals surface area contributed by atoms with Gasteiger partial charge in [-0.2, -0.15) is 5.10 Å². The largest absolute Gasteiger partial charge is 0.478 e. The highest BCUT2D eigenvalue weighted by atomic mass is 16.4. The molecular weight excluding hydrogens is 578 g/mol. The lowest BCUT2D eigenvalue weighted by molar-refractivity contribution is -0.141. The fourth-order valence-corrected chi connectivity index (χ4v) is 7.23. The van der Waals surface area contributed by atoms with Crippen LogP contribution in [-0.4, -0.2) is 60.9 Å².